The maximum Gasteiger partial charge on any atom is 0.266 e. The Morgan fingerprint density at radius 3 is 2.64 bits per heavy atom. The molecule has 1 heterocycles. The third-order valence-corrected chi connectivity index (χ3v) is 6.37. The molecule has 1 aliphatic heterocycles. The number of nitrogens with one attached hydrogen (secondary N) is 1. The van der Waals surface area contributed by atoms with Crippen molar-refractivity contribution < 1.29 is 14.7 Å². The van der Waals surface area contributed by atoms with Crippen LogP contribution in [-0.2, 0) is 9.59 Å². The number of amides is 2. The largest absolute Gasteiger partial charge is 0.506 e. The van der Waals surface area contributed by atoms with Gasteiger partial charge in [0.2, 0.25) is 5.91 Å². The topological polar surface area (TPSA) is 69.6 Å². The van der Waals surface area contributed by atoms with E-state index in [0.717, 1.165) is 16.2 Å². The van der Waals surface area contributed by atoms with Crippen molar-refractivity contribution in [2.45, 2.75) is 13.0 Å². The van der Waals surface area contributed by atoms with Crippen LogP contribution in [0.3, 0.4) is 0 Å². The highest BCUT2D eigenvalue weighted by molar-refractivity contribution is 9.11. The molecule has 2 aromatic rings. The van der Waals surface area contributed by atoms with Crippen LogP contribution in [0.1, 0.15) is 12.5 Å². The SMILES string of the molecule is CC(C(=O)Nc1ccccc1)N1C(=O)/C(=C/c2cc(Br)cc(Br)c2O)SC1=S. The molecule has 1 saturated heterocycles. The molecule has 1 unspecified atom stereocenters. The van der Waals surface area contributed by atoms with E-state index in [9.17, 15) is 14.7 Å². The van der Waals surface area contributed by atoms with Crippen molar-refractivity contribution in [3.63, 3.8) is 0 Å². The minimum atomic E-state index is -0.776. The highest BCUT2D eigenvalue weighted by atomic mass is 79.9. The van der Waals surface area contributed by atoms with Crippen LogP contribution in [0.4, 0.5) is 5.69 Å². The number of carbonyl (C=O) groups excluding carboxylic acids is 2. The van der Waals surface area contributed by atoms with Gasteiger partial charge in [0.15, 0.2) is 0 Å². The number of benzene rings is 2. The quantitative estimate of drug-likeness (QED) is 0.414. The summed E-state index contributed by atoms with van der Waals surface area (Å²) in [6.07, 6.45) is 1.56. The molecular weight excluding hydrogens is 528 g/mol. The molecule has 144 valence electrons. The molecule has 1 aliphatic rings. The Morgan fingerprint density at radius 1 is 1.29 bits per heavy atom. The zero-order valence-electron chi connectivity index (χ0n) is 14.5. The number of hydrogen-bond donors (Lipinski definition) is 2. The molecule has 0 aliphatic carbocycles. The average Bonchev–Trinajstić information content (AvgIpc) is 2.92. The van der Waals surface area contributed by atoms with Crippen LogP contribution >= 0.6 is 55.8 Å². The van der Waals surface area contributed by atoms with Gasteiger partial charge in [0.25, 0.3) is 5.91 Å². The van der Waals surface area contributed by atoms with E-state index < -0.39 is 6.04 Å². The Labute approximate surface area is 188 Å². The molecule has 0 saturated carbocycles. The number of thiocarbonyl (C=S) groups is 1. The fraction of sp³-hybridized carbons (Fsp3) is 0.105. The van der Waals surface area contributed by atoms with Crippen LogP contribution in [0, 0.1) is 0 Å². The summed E-state index contributed by atoms with van der Waals surface area (Å²) in [6, 6.07) is 11.6. The summed E-state index contributed by atoms with van der Waals surface area (Å²) in [7, 11) is 0. The number of thioether (sulfide) groups is 1. The van der Waals surface area contributed by atoms with Gasteiger partial charge in [0.05, 0.1) is 9.38 Å². The number of carbonyl (C=O) groups is 2. The molecule has 28 heavy (non-hydrogen) atoms. The first-order valence-electron chi connectivity index (χ1n) is 8.09. The molecule has 2 amide bonds. The van der Waals surface area contributed by atoms with Crippen LogP contribution in [-0.4, -0.2) is 32.2 Å². The number of para-hydroxylation sites is 1. The lowest BCUT2D eigenvalue weighted by Gasteiger charge is -2.22. The standard InChI is InChI=1S/C19H14Br2N2O3S2/c1-10(17(25)22-13-5-3-2-4-6-13)23-18(26)15(28-19(23)27)8-11-7-12(20)9-14(21)16(11)24/h2-10,24H,1H3,(H,22,25)/b15-8-. The molecule has 1 atom stereocenters. The maximum absolute atomic E-state index is 12.9. The summed E-state index contributed by atoms with van der Waals surface area (Å²) in [5, 5.41) is 13.0. The van der Waals surface area contributed by atoms with Crippen LogP contribution < -0.4 is 5.32 Å². The Hall–Kier alpha value is -1.68. The van der Waals surface area contributed by atoms with Gasteiger partial charge in [-0.15, -0.1) is 0 Å². The highest BCUT2D eigenvalue weighted by Crippen LogP contribution is 2.38. The number of phenols is 1. The van der Waals surface area contributed by atoms with E-state index in [2.05, 4.69) is 37.2 Å². The molecule has 2 aromatic carbocycles. The Balaban J connectivity index is 1.82. The molecule has 1 fully saturated rings. The summed E-state index contributed by atoms with van der Waals surface area (Å²) < 4.78 is 1.54. The first-order valence-corrected chi connectivity index (χ1v) is 10.9. The van der Waals surface area contributed by atoms with Gasteiger partial charge in [-0.3, -0.25) is 14.5 Å². The van der Waals surface area contributed by atoms with Crippen molar-refractivity contribution in [1.29, 1.82) is 0 Å². The second kappa shape index (κ2) is 8.77. The van der Waals surface area contributed by atoms with Gasteiger partial charge in [0, 0.05) is 15.7 Å². The van der Waals surface area contributed by atoms with Crippen molar-refractivity contribution >= 4 is 83.7 Å². The van der Waals surface area contributed by atoms with Crippen LogP contribution in [0.15, 0.2) is 56.3 Å². The predicted octanol–water partition coefficient (Wildman–Crippen LogP) is 5.15. The van der Waals surface area contributed by atoms with Gasteiger partial charge < -0.3 is 10.4 Å². The van der Waals surface area contributed by atoms with E-state index in [1.54, 1.807) is 37.3 Å². The number of nitrogens with zero attached hydrogens (tertiary/aromatic N) is 1. The van der Waals surface area contributed by atoms with Gasteiger partial charge in [-0.25, -0.2) is 0 Å². The lowest BCUT2D eigenvalue weighted by molar-refractivity contribution is -0.129. The van der Waals surface area contributed by atoms with Crippen LogP contribution in [0.5, 0.6) is 5.75 Å². The van der Waals surface area contributed by atoms with Crippen molar-refractivity contribution in [3.8, 4) is 5.75 Å². The molecular formula is C19H14Br2N2O3S2. The molecule has 2 N–H and O–H groups in total. The van der Waals surface area contributed by atoms with Crippen molar-refractivity contribution in [1.82, 2.24) is 4.90 Å². The molecule has 0 radical (unpaired) electrons. The lowest BCUT2D eigenvalue weighted by Crippen LogP contribution is -2.44. The highest BCUT2D eigenvalue weighted by Gasteiger charge is 2.38. The number of phenolic OH excluding ortho intramolecular Hbond substituents is 1. The Kier molecular flexibility index (Phi) is 6.59. The summed E-state index contributed by atoms with van der Waals surface area (Å²) in [5.41, 5.74) is 1.10. The summed E-state index contributed by atoms with van der Waals surface area (Å²) in [4.78, 5) is 27.0. The molecule has 0 bridgehead atoms. The molecule has 0 aromatic heterocycles. The number of rotatable bonds is 4. The first-order chi connectivity index (χ1) is 13.3. The minimum absolute atomic E-state index is 0.0170. The summed E-state index contributed by atoms with van der Waals surface area (Å²) in [5.74, 6) is -0.693. The lowest BCUT2D eigenvalue weighted by atomic mass is 10.1. The Bertz CT molecular complexity index is 996. The second-order valence-electron chi connectivity index (χ2n) is 5.91. The van der Waals surface area contributed by atoms with E-state index >= 15 is 0 Å². The van der Waals surface area contributed by atoms with Gasteiger partial charge >= 0.3 is 0 Å². The van der Waals surface area contributed by atoms with E-state index in [1.807, 2.05) is 18.2 Å². The van der Waals surface area contributed by atoms with Gasteiger partial charge in [-0.05, 0) is 53.2 Å². The van der Waals surface area contributed by atoms with Crippen molar-refractivity contribution in [2.24, 2.45) is 0 Å². The normalized spacial score (nSPS) is 16.5. The molecule has 0 spiro atoms. The van der Waals surface area contributed by atoms with Crippen LogP contribution in [0.25, 0.3) is 6.08 Å². The van der Waals surface area contributed by atoms with Crippen LogP contribution in [0.2, 0.25) is 0 Å². The van der Waals surface area contributed by atoms with E-state index in [-0.39, 0.29) is 17.6 Å². The van der Waals surface area contributed by atoms with Crippen molar-refractivity contribution in [2.75, 3.05) is 5.32 Å². The second-order valence-corrected chi connectivity index (χ2v) is 9.35. The van der Waals surface area contributed by atoms with E-state index in [1.165, 1.54) is 4.90 Å². The zero-order chi connectivity index (χ0) is 20.4. The first kappa shape index (κ1) is 21.0. The molecule has 3 rings (SSSR count). The van der Waals surface area contributed by atoms with Gasteiger partial charge in [-0.1, -0.05) is 58.1 Å². The number of aromatic hydroxyl groups is 1. The molecule has 9 heteroatoms. The van der Waals surface area contributed by atoms with Crippen molar-refractivity contribution in [3.05, 3.63) is 61.9 Å². The third-order valence-electron chi connectivity index (χ3n) is 3.98. The third kappa shape index (κ3) is 4.48. The smallest absolute Gasteiger partial charge is 0.266 e. The monoisotopic (exact) mass is 540 g/mol. The summed E-state index contributed by atoms with van der Waals surface area (Å²) in [6.45, 7) is 1.62. The molecule has 5 nitrogen and oxygen atoms in total. The number of hydrogen-bond acceptors (Lipinski definition) is 5. The number of anilines is 1. The van der Waals surface area contributed by atoms with Gasteiger partial charge in [0.1, 0.15) is 16.1 Å². The fourth-order valence-corrected chi connectivity index (χ4v) is 5.20. The summed E-state index contributed by atoms with van der Waals surface area (Å²) >= 11 is 13.0. The van der Waals surface area contributed by atoms with Gasteiger partial charge in [-0.2, -0.15) is 0 Å². The van der Waals surface area contributed by atoms with E-state index in [0.29, 0.717) is 24.9 Å². The Morgan fingerprint density at radius 2 is 1.96 bits per heavy atom. The predicted molar refractivity (Wildman–Crippen MR) is 123 cm³/mol. The fourth-order valence-electron chi connectivity index (χ4n) is 2.54. The zero-order valence-corrected chi connectivity index (χ0v) is 19.3. The maximum atomic E-state index is 12.9. The van der Waals surface area contributed by atoms with E-state index in [4.69, 9.17) is 12.2 Å². The number of halogens is 2. The average molecular weight is 542 g/mol. The minimum Gasteiger partial charge on any atom is -0.506 e.